The SMILES string of the molecule is CC[C@@]1(C(F)F)C[C@@H]2CC[C@@H](c3cc(C)cc(F)c3)N2C1=O. The van der Waals surface area contributed by atoms with Crippen LogP contribution in [0.2, 0.25) is 0 Å². The van der Waals surface area contributed by atoms with Crippen LogP contribution in [-0.4, -0.2) is 23.3 Å². The molecule has 120 valence electrons. The van der Waals surface area contributed by atoms with Gasteiger partial charge in [0.05, 0.1) is 6.04 Å². The molecule has 0 radical (unpaired) electrons. The third kappa shape index (κ3) is 2.13. The van der Waals surface area contributed by atoms with Crippen LogP contribution >= 0.6 is 0 Å². The van der Waals surface area contributed by atoms with E-state index in [-0.39, 0.29) is 30.7 Å². The molecule has 22 heavy (non-hydrogen) atoms. The molecular weight excluding hydrogens is 291 g/mol. The molecule has 2 heterocycles. The molecule has 0 aromatic heterocycles. The molecule has 0 unspecified atom stereocenters. The maximum absolute atomic E-state index is 13.6. The van der Waals surface area contributed by atoms with Gasteiger partial charge in [0.1, 0.15) is 11.2 Å². The summed E-state index contributed by atoms with van der Waals surface area (Å²) in [6.45, 7) is 3.44. The second kappa shape index (κ2) is 5.28. The summed E-state index contributed by atoms with van der Waals surface area (Å²) in [6, 6.07) is 4.27. The van der Waals surface area contributed by atoms with Gasteiger partial charge in [0.2, 0.25) is 5.91 Å². The molecular formula is C17H20F3NO. The first-order chi connectivity index (χ1) is 10.4. The van der Waals surface area contributed by atoms with E-state index >= 15 is 0 Å². The van der Waals surface area contributed by atoms with Gasteiger partial charge in [-0.1, -0.05) is 13.0 Å². The van der Waals surface area contributed by atoms with Crippen LogP contribution in [-0.2, 0) is 4.79 Å². The molecule has 0 bridgehead atoms. The van der Waals surface area contributed by atoms with E-state index in [1.165, 1.54) is 12.1 Å². The second-order valence-electron chi connectivity index (χ2n) is 6.54. The van der Waals surface area contributed by atoms with Gasteiger partial charge in [-0.2, -0.15) is 0 Å². The van der Waals surface area contributed by atoms with Crippen molar-refractivity contribution in [3.63, 3.8) is 0 Å². The molecule has 0 saturated carbocycles. The Morgan fingerprint density at radius 2 is 2.05 bits per heavy atom. The van der Waals surface area contributed by atoms with Crippen molar-refractivity contribution >= 4 is 5.91 Å². The lowest BCUT2D eigenvalue weighted by molar-refractivity contribution is -0.146. The Bertz CT molecular complexity index is 583. The van der Waals surface area contributed by atoms with Crippen LogP contribution in [0.25, 0.3) is 0 Å². The van der Waals surface area contributed by atoms with Gasteiger partial charge in [-0.3, -0.25) is 4.79 Å². The van der Waals surface area contributed by atoms with Crippen molar-refractivity contribution in [1.29, 1.82) is 0 Å². The number of amides is 1. The van der Waals surface area contributed by atoms with Gasteiger partial charge in [0.15, 0.2) is 0 Å². The average molecular weight is 311 g/mol. The number of nitrogens with zero attached hydrogens (tertiary/aromatic N) is 1. The summed E-state index contributed by atoms with van der Waals surface area (Å²) in [6.07, 6.45) is -0.871. The Balaban J connectivity index is 1.96. The number of rotatable bonds is 3. The molecule has 0 spiro atoms. The molecule has 3 atom stereocenters. The Morgan fingerprint density at radius 3 is 2.64 bits per heavy atom. The zero-order valence-electron chi connectivity index (χ0n) is 12.8. The first-order valence-corrected chi connectivity index (χ1v) is 7.77. The molecule has 2 saturated heterocycles. The molecule has 0 aliphatic carbocycles. The highest BCUT2D eigenvalue weighted by atomic mass is 19.3. The minimum atomic E-state index is -2.65. The number of benzene rings is 1. The molecule has 2 aliphatic rings. The van der Waals surface area contributed by atoms with Crippen molar-refractivity contribution in [2.75, 3.05) is 0 Å². The Morgan fingerprint density at radius 1 is 1.32 bits per heavy atom. The number of alkyl halides is 2. The van der Waals surface area contributed by atoms with Gasteiger partial charge >= 0.3 is 0 Å². The zero-order chi connectivity index (χ0) is 16.1. The summed E-state index contributed by atoms with van der Waals surface area (Å²) in [7, 11) is 0. The molecule has 3 rings (SSSR count). The van der Waals surface area contributed by atoms with E-state index in [1.54, 1.807) is 18.7 Å². The van der Waals surface area contributed by atoms with Crippen LogP contribution in [0, 0.1) is 18.2 Å². The Labute approximate surface area is 128 Å². The second-order valence-corrected chi connectivity index (χ2v) is 6.54. The van der Waals surface area contributed by atoms with Gasteiger partial charge in [-0.15, -0.1) is 0 Å². The first kappa shape index (κ1) is 15.4. The van der Waals surface area contributed by atoms with Crippen LogP contribution in [0.3, 0.4) is 0 Å². The average Bonchev–Trinajstić information content (AvgIpc) is 2.96. The van der Waals surface area contributed by atoms with Gasteiger partial charge in [0, 0.05) is 6.04 Å². The predicted octanol–water partition coefficient (Wildman–Crippen LogP) is 4.23. The fraction of sp³-hybridized carbons (Fsp3) is 0.588. The smallest absolute Gasteiger partial charge is 0.252 e. The zero-order valence-corrected chi connectivity index (χ0v) is 12.8. The molecule has 1 aromatic rings. The van der Waals surface area contributed by atoms with E-state index in [9.17, 15) is 18.0 Å². The van der Waals surface area contributed by atoms with E-state index in [1.807, 2.05) is 6.07 Å². The Hall–Kier alpha value is -1.52. The molecule has 0 N–H and O–H groups in total. The third-order valence-electron chi connectivity index (χ3n) is 5.26. The van der Waals surface area contributed by atoms with Gasteiger partial charge in [0.25, 0.3) is 6.43 Å². The minimum Gasteiger partial charge on any atom is -0.332 e. The van der Waals surface area contributed by atoms with E-state index in [0.29, 0.717) is 12.8 Å². The quantitative estimate of drug-likeness (QED) is 0.818. The molecule has 2 nitrogen and oxygen atoms in total. The monoisotopic (exact) mass is 311 g/mol. The van der Waals surface area contributed by atoms with Crippen molar-refractivity contribution in [1.82, 2.24) is 4.90 Å². The van der Waals surface area contributed by atoms with Gasteiger partial charge in [-0.25, -0.2) is 13.2 Å². The summed E-state index contributed by atoms with van der Waals surface area (Å²) in [5.41, 5.74) is -0.0543. The number of hydrogen-bond acceptors (Lipinski definition) is 1. The highest BCUT2D eigenvalue weighted by molar-refractivity contribution is 5.86. The van der Waals surface area contributed by atoms with Crippen LogP contribution in [0.4, 0.5) is 13.2 Å². The summed E-state index contributed by atoms with van der Waals surface area (Å²) in [5.74, 6) is -0.805. The largest absolute Gasteiger partial charge is 0.332 e. The maximum atomic E-state index is 13.6. The topological polar surface area (TPSA) is 20.3 Å². The van der Waals surface area contributed by atoms with E-state index in [4.69, 9.17) is 0 Å². The summed E-state index contributed by atoms with van der Waals surface area (Å²) < 4.78 is 40.7. The Kier molecular flexibility index (Phi) is 3.69. The highest BCUT2D eigenvalue weighted by Crippen LogP contribution is 2.52. The van der Waals surface area contributed by atoms with E-state index in [2.05, 4.69) is 0 Å². The van der Waals surface area contributed by atoms with E-state index in [0.717, 1.165) is 11.1 Å². The summed E-state index contributed by atoms with van der Waals surface area (Å²) in [5, 5.41) is 0. The normalized spacial score (nSPS) is 31.2. The summed E-state index contributed by atoms with van der Waals surface area (Å²) in [4.78, 5) is 14.3. The fourth-order valence-electron chi connectivity index (χ4n) is 4.07. The maximum Gasteiger partial charge on any atom is 0.252 e. The van der Waals surface area contributed by atoms with Crippen LogP contribution in [0.5, 0.6) is 0 Å². The fourth-order valence-corrected chi connectivity index (χ4v) is 4.07. The highest BCUT2D eigenvalue weighted by Gasteiger charge is 2.59. The molecule has 1 amide bonds. The van der Waals surface area contributed by atoms with Crippen molar-refractivity contribution in [2.45, 2.75) is 58.0 Å². The number of carbonyl (C=O) groups is 1. The lowest BCUT2D eigenvalue weighted by Crippen LogP contribution is -2.40. The van der Waals surface area contributed by atoms with Crippen LogP contribution < -0.4 is 0 Å². The number of carbonyl (C=O) groups excluding carboxylic acids is 1. The molecule has 1 aromatic carbocycles. The first-order valence-electron chi connectivity index (χ1n) is 7.77. The number of halogens is 3. The van der Waals surface area contributed by atoms with Gasteiger partial charge < -0.3 is 4.90 Å². The van der Waals surface area contributed by atoms with Crippen LogP contribution in [0.1, 0.15) is 49.8 Å². The number of aryl methyl sites for hydroxylation is 1. The number of hydrogen-bond donors (Lipinski definition) is 0. The van der Waals surface area contributed by atoms with Crippen molar-refractivity contribution in [3.05, 3.63) is 35.1 Å². The standard InChI is InChI=1S/C17H20F3NO/c1-3-17(15(19)20)9-13-4-5-14(21(13)16(17)22)11-6-10(2)7-12(18)8-11/h6-8,13-15H,3-5,9H2,1-2H3/t13-,14-,17-/m0/s1. The van der Waals surface area contributed by atoms with Crippen LogP contribution in [0.15, 0.2) is 18.2 Å². The van der Waals surface area contributed by atoms with Crippen molar-refractivity contribution < 1.29 is 18.0 Å². The molecule has 2 aliphatic heterocycles. The molecule has 5 heteroatoms. The minimum absolute atomic E-state index is 0.143. The third-order valence-corrected chi connectivity index (χ3v) is 5.26. The lowest BCUT2D eigenvalue weighted by atomic mass is 9.81. The van der Waals surface area contributed by atoms with Crippen molar-refractivity contribution in [3.8, 4) is 0 Å². The predicted molar refractivity (Wildman–Crippen MR) is 77.1 cm³/mol. The van der Waals surface area contributed by atoms with Crippen molar-refractivity contribution in [2.24, 2.45) is 5.41 Å². The summed E-state index contributed by atoms with van der Waals surface area (Å²) >= 11 is 0. The van der Waals surface area contributed by atoms with E-state index < -0.39 is 17.7 Å². The number of fused-ring (bicyclic) bond motifs is 1. The molecule has 2 fully saturated rings. The lowest BCUT2D eigenvalue weighted by Gasteiger charge is -2.29. The van der Waals surface area contributed by atoms with Gasteiger partial charge in [-0.05, 0) is 55.9 Å².